The van der Waals surface area contributed by atoms with Gasteiger partial charge >= 0.3 is 5.97 Å². The van der Waals surface area contributed by atoms with Crippen LogP contribution >= 0.6 is 0 Å². The summed E-state index contributed by atoms with van der Waals surface area (Å²) in [7, 11) is 0. The number of carboxylic acid groups (broad SMARTS) is 1. The molecule has 0 bridgehead atoms. The number of hydrogen-bond acceptors (Lipinski definition) is 3. The van der Waals surface area contributed by atoms with E-state index in [1.54, 1.807) is 0 Å². The number of rotatable bonds is 8. The molecule has 2 aromatic heterocycles. The summed E-state index contributed by atoms with van der Waals surface area (Å²) in [5, 5.41) is 10.4. The van der Waals surface area contributed by atoms with E-state index in [9.17, 15) is 9.90 Å². The zero-order valence-electron chi connectivity index (χ0n) is 22.9. The Balaban J connectivity index is 1.26. The van der Waals surface area contributed by atoms with E-state index in [1.807, 2.05) is 59.2 Å². The predicted molar refractivity (Wildman–Crippen MR) is 167 cm³/mol. The Bertz CT molecular complexity index is 2020. The molecule has 5 aromatic carbocycles. The summed E-state index contributed by atoms with van der Waals surface area (Å²) in [6.07, 6.45) is 0.751. The van der Waals surface area contributed by atoms with Gasteiger partial charge in [0.25, 0.3) is 0 Å². The first kappa shape index (κ1) is 25.5. The SMILES string of the molecule is O=C(O)CCn1c(-c2ccccc2)nc2cc(-c3ccc(-c4c(Cc5ccccc5)oc5ccccc45)cc3)ccc21. The molecule has 0 amide bonds. The van der Waals surface area contributed by atoms with E-state index in [4.69, 9.17) is 9.40 Å². The first-order valence-corrected chi connectivity index (χ1v) is 14.1. The first-order chi connectivity index (χ1) is 20.6. The average Bonchev–Trinajstić information content (AvgIpc) is 3.58. The van der Waals surface area contributed by atoms with E-state index in [2.05, 4.69) is 72.8 Å². The van der Waals surface area contributed by atoms with Crippen LogP contribution in [-0.2, 0) is 17.8 Å². The van der Waals surface area contributed by atoms with E-state index in [0.717, 1.165) is 67.8 Å². The van der Waals surface area contributed by atoms with Gasteiger partial charge in [0.05, 0.1) is 17.5 Å². The summed E-state index contributed by atoms with van der Waals surface area (Å²) in [6.45, 7) is 0.355. The molecule has 0 saturated carbocycles. The number of aryl methyl sites for hydroxylation is 1. The zero-order chi connectivity index (χ0) is 28.5. The third-order valence-corrected chi connectivity index (χ3v) is 7.71. The summed E-state index contributed by atoms with van der Waals surface area (Å²) in [5.41, 5.74) is 9.20. The molecular formula is C37H28N2O3. The second-order valence-corrected chi connectivity index (χ2v) is 10.4. The topological polar surface area (TPSA) is 68.3 Å². The smallest absolute Gasteiger partial charge is 0.305 e. The fourth-order valence-electron chi connectivity index (χ4n) is 5.70. The number of fused-ring (bicyclic) bond motifs is 2. The van der Waals surface area contributed by atoms with E-state index in [1.165, 1.54) is 5.56 Å². The Morgan fingerprint density at radius 1 is 0.714 bits per heavy atom. The predicted octanol–water partition coefficient (Wildman–Crippen LogP) is 8.85. The third-order valence-electron chi connectivity index (χ3n) is 7.71. The van der Waals surface area contributed by atoms with Crippen molar-refractivity contribution in [3.8, 4) is 33.6 Å². The average molecular weight is 549 g/mol. The van der Waals surface area contributed by atoms with Crippen LogP contribution in [0.1, 0.15) is 17.7 Å². The first-order valence-electron chi connectivity index (χ1n) is 14.1. The molecule has 204 valence electrons. The van der Waals surface area contributed by atoms with Crippen LogP contribution in [0.25, 0.3) is 55.6 Å². The van der Waals surface area contributed by atoms with Crippen LogP contribution in [0.15, 0.2) is 132 Å². The minimum absolute atomic E-state index is 0.0312. The lowest BCUT2D eigenvalue weighted by atomic mass is 9.96. The summed E-state index contributed by atoms with van der Waals surface area (Å²) in [4.78, 5) is 16.3. The maximum Gasteiger partial charge on any atom is 0.305 e. The summed E-state index contributed by atoms with van der Waals surface area (Å²) < 4.78 is 8.36. The number of furan rings is 1. The van der Waals surface area contributed by atoms with Gasteiger partial charge in [-0.1, -0.05) is 109 Å². The van der Waals surface area contributed by atoms with Crippen LogP contribution < -0.4 is 0 Å². The quantitative estimate of drug-likeness (QED) is 0.206. The molecule has 5 heteroatoms. The van der Waals surface area contributed by atoms with E-state index >= 15 is 0 Å². The molecule has 0 unspecified atom stereocenters. The molecule has 0 aliphatic rings. The normalized spacial score (nSPS) is 11.3. The van der Waals surface area contributed by atoms with Crippen molar-refractivity contribution in [2.24, 2.45) is 0 Å². The second kappa shape index (κ2) is 10.9. The highest BCUT2D eigenvalue weighted by molar-refractivity contribution is 5.96. The summed E-state index contributed by atoms with van der Waals surface area (Å²) >= 11 is 0. The van der Waals surface area contributed by atoms with Crippen molar-refractivity contribution in [2.45, 2.75) is 19.4 Å². The highest BCUT2D eigenvalue weighted by Gasteiger charge is 2.17. The lowest BCUT2D eigenvalue weighted by Gasteiger charge is -2.09. The van der Waals surface area contributed by atoms with Crippen LogP contribution in [-0.4, -0.2) is 20.6 Å². The standard InChI is InChI=1S/C37H28N2O3/c40-35(41)21-22-39-32-20-19-29(24-31(32)38-37(39)28-11-5-2-6-12-28)26-15-17-27(18-16-26)36-30-13-7-8-14-33(30)42-34(36)23-25-9-3-1-4-10-25/h1-20,24H,21-23H2,(H,40,41). The minimum atomic E-state index is -0.829. The number of carbonyl (C=O) groups is 1. The maximum absolute atomic E-state index is 11.4. The number of aromatic nitrogens is 2. The molecule has 5 nitrogen and oxygen atoms in total. The van der Waals surface area contributed by atoms with Gasteiger partial charge < -0.3 is 14.1 Å². The fraction of sp³-hybridized carbons (Fsp3) is 0.0811. The van der Waals surface area contributed by atoms with Gasteiger partial charge in [-0.05, 0) is 40.5 Å². The Hall–Kier alpha value is -5.42. The van der Waals surface area contributed by atoms with Crippen LogP contribution in [0.3, 0.4) is 0 Å². The molecule has 0 saturated heterocycles. The molecule has 1 N–H and O–H groups in total. The molecule has 42 heavy (non-hydrogen) atoms. The van der Waals surface area contributed by atoms with Crippen molar-refractivity contribution < 1.29 is 14.3 Å². The van der Waals surface area contributed by atoms with Crippen LogP contribution in [0.5, 0.6) is 0 Å². The van der Waals surface area contributed by atoms with Crippen molar-refractivity contribution in [3.63, 3.8) is 0 Å². The van der Waals surface area contributed by atoms with Crippen molar-refractivity contribution >= 4 is 28.0 Å². The van der Waals surface area contributed by atoms with Gasteiger partial charge in [0, 0.05) is 29.5 Å². The molecule has 0 atom stereocenters. The number of hydrogen-bond donors (Lipinski definition) is 1. The van der Waals surface area contributed by atoms with E-state index in [0.29, 0.717) is 6.54 Å². The number of imidazole rings is 1. The molecule has 0 fully saturated rings. The molecule has 2 heterocycles. The monoisotopic (exact) mass is 548 g/mol. The van der Waals surface area contributed by atoms with Gasteiger partial charge in [-0.25, -0.2) is 4.98 Å². The summed E-state index contributed by atoms with van der Waals surface area (Å²) in [5.74, 6) is 0.902. The van der Waals surface area contributed by atoms with Crippen molar-refractivity contribution in [1.82, 2.24) is 9.55 Å². The Kier molecular flexibility index (Phi) is 6.61. The fourth-order valence-corrected chi connectivity index (χ4v) is 5.70. The van der Waals surface area contributed by atoms with Crippen LogP contribution in [0.4, 0.5) is 0 Å². The van der Waals surface area contributed by atoms with Gasteiger partial charge in [0.15, 0.2) is 0 Å². The van der Waals surface area contributed by atoms with Crippen LogP contribution in [0.2, 0.25) is 0 Å². The Labute approximate surface area is 243 Å². The number of benzene rings is 5. The minimum Gasteiger partial charge on any atom is -0.481 e. The van der Waals surface area contributed by atoms with Crippen molar-refractivity contribution in [2.75, 3.05) is 0 Å². The Morgan fingerprint density at radius 2 is 1.38 bits per heavy atom. The Morgan fingerprint density at radius 3 is 2.14 bits per heavy atom. The highest BCUT2D eigenvalue weighted by atomic mass is 16.4. The molecule has 0 spiro atoms. The van der Waals surface area contributed by atoms with Crippen molar-refractivity contribution in [3.05, 3.63) is 139 Å². The molecule has 0 aliphatic carbocycles. The largest absolute Gasteiger partial charge is 0.481 e. The van der Waals surface area contributed by atoms with Gasteiger partial charge in [-0.2, -0.15) is 0 Å². The number of para-hydroxylation sites is 1. The van der Waals surface area contributed by atoms with Gasteiger partial charge in [-0.3, -0.25) is 4.79 Å². The molecule has 0 radical (unpaired) electrons. The number of nitrogens with zero attached hydrogens (tertiary/aromatic N) is 2. The number of carboxylic acids is 1. The molecule has 0 aliphatic heterocycles. The maximum atomic E-state index is 11.4. The lowest BCUT2D eigenvalue weighted by molar-refractivity contribution is -0.137. The summed E-state index contributed by atoms with van der Waals surface area (Å²) in [6, 6.07) is 43.3. The van der Waals surface area contributed by atoms with Crippen LogP contribution in [0, 0.1) is 0 Å². The second-order valence-electron chi connectivity index (χ2n) is 10.4. The van der Waals surface area contributed by atoms with Gasteiger partial charge in [0.1, 0.15) is 17.2 Å². The third kappa shape index (κ3) is 4.86. The van der Waals surface area contributed by atoms with E-state index in [-0.39, 0.29) is 6.42 Å². The van der Waals surface area contributed by atoms with Gasteiger partial charge in [0.2, 0.25) is 0 Å². The molecular weight excluding hydrogens is 520 g/mol. The highest BCUT2D eigenvalue weighted by Crippen LogP contribution is 2.37. The van der Waals surface area contributed by atoms with Gasteiger partial charge in [-0.15, -0.1) is 0 Å². The van der Waals surface area contributed by atoms with Crippen molar-refractivity contribution in [1.29, 1.82) is 0 Å². The molecule has 7 aromatic rings. The zero-order valence-corrected chi connectivity index (χ0v) is 22.9. The number of aliphatic carboxylic acids is 1. The molecule has 7 rings (SSSR count). The lowest BCUT2D eigenvalue weighted by Crippen LogP contribution is -2.06. The van der Waals surface area contributed by atoms with E-state index < -0.39 is 5.97 Å².